The maximum atomic E-state index is 11.1. The molecule has 0 radical (unpaired) electrons. The van der Waals surface area contributed by atoms with Gasteiger partial charge in [0.2, 0.25) is 0 Å². The van der Waals surface area contributed by atoms with Crippen molar-refractivity contribution in [1.82, 2.24) is 4.98 Å². The van der Waals surface area contributed by atoms with E-state index in [1.54, 1.807) is 25.3 Å². The van der Waals surface area contributed by atoms with Crippen LogP contribution in [0, 0.1) is 0 Å². The Morgan fingerprint density at radius 3 is 2.93 bits per heavy atom. The summed E-state index contributed by atoms with van der Waals surface area (Å²) in [6.45, 7) is 1.86. The number of H-pyrrole nitrogens is 1. The maximum Gasteiger partial charge on any atom is 0.379 e. The van der Waals surface area contributed by atoms with Crippen LogP contribution in [0.5, 0.6) is 0 Å². The van der Waals surface area contributed by atoms with Crippen LogP contribution < -0.4 is 0 Å². The van der Waals surface area contributed by atoms with E-state index >= 15 is 0 Å². The Hall–Kier alpha value is -1.84. The van der Waals surface area contributed by atoms with Crippen molar-refractivity contribution < 1.29 is 14.3 Å². The van der Waals surface area contributed by atoms with E-state index in [-0.39, 0.29) is 6.61 Å². The topological polar surface area (TPSA) is 59.2 Å². The molecule has 74 valence electrons. The van der Waals surface area contributed by atoms with Crippen molar-refractivity contribution in [1.29, 1.82) is 0 Å². The molecule has 1 aromatic heterocycles. The van der Waals surface area contributed by atoms with Crippen LogP contribution in [0.4, 0.5) is 0 Å². The second kappa shape index (κ2) is 5.01. The smallest absolute Gasteiger partial charge is 0.379 e. The first kappa shape index (κ1) is 10.2. The van der Waals surface area contributed by atoms with Crippen molar-refractivity contribution in [2.45, 2.75) is 6.92 Å². The van der Waals surface area contributed by atoms with Crippen molar-refractivity contribution in [3.8, 4) is 0 Å². The van der Waals surface area contributed by atoms with Gasteiger partial charge < -0.3 is 9.72 Å². The van der Waals surface area contributed by atoms with Crippen LogP contribution in [0.1, 0.15) is 12.6 Å². The number of ether oxygens (including phenoxy) is 1. The fourth-order valence-electron chi connectivity index (χ4n) is 0.884. The second-order valence-electron chi connectivity index (χ2n) is 2.54. The van der Waals surface area contributed by atoms with Gasteiger partial charge in [0.15, 0.2) is 0 Å². The van der Waals surface area contributed by atoms with Gasteiger partial charge in [-0.2, -0.15) is 0 Å². The molecule has 4 nitrogen and oxygen atoms in total. The molecule has 1 aromatic rings. The molecule has 0 aromatic carbocycles. The molecular weight excluding hydrogens is 182 g/mol. The summed E-state index contributed by atoms with van der Waals surface area (Å²) < 4.78 is 4.52. The third-order valence-electron chi connectivity index (χ3n) is 1.51. The van der Waals surface area contributed by atoms with Crippen LogP contribution >= 0.6 is 0 Å². The fraction of sp³-hybridized carbons (Fsp3) is 0.200. The number of rotatable bonds is 4. The minimum absolute atomic E-state index is 0.209. The molecule has 1 heterocycles. The molecule has 0 saturated carbocycles. The van der Waals surface area contributed by atoms with E-state index in [1.165, 1.54) is 12.2 Å². The molecule has 0 bridgehead atoms. The Morgan fingerprint density at radius 1 is 1.57 bits per heavy atom. The molecular formula is C10H11NO3. The molecule has 0 aliphatic rings. The van der Waals surface area contributed by atoms with E-state index in [2.05, 4.69) is 9.72 Å². The highest BCUT2D eigenvalue weighted by Gasteiger charge is 2.09. The van der Waals surface area contributed by atoms with Gasteiger partial charge in [0.05, 0.1) is 6.61 Å². The summed E-state index contributed by atoms with van der Waals surface area (Å²) >= 11 is 0. The Kier molecular flexibility index (Phi) is 3.67. The summed E-state index contributed by atoms with van der Waals surface area (Å²) in [7, 11) is 0. The zero-order valence-corrected chi connectivity index (χ0v) is 7.82. The summed E-state index contributed by atoms with van der Waals surface area (Å²) in [5.41, 5.74) is 0.766. The monoisotopic (exact) mass is 193 g/mol. The zero-order chi connectivity index (χ0) is 10.4. The lowest BCUT2D eigenvalue weighted by Crippen LogP contribution is -2.14. The molecule has 14 heavy (non-hydrogen) atoms. The number of esters is 1. The fourth-order valence-corrected chi connectivity index (χ4v) is 0.884. The lowest BCUT2D eigenvalue weighted by Gasteiger charge is -1.95. The average molecular weight is 193 g/mol. The van der Waals surface area contributed by atoms with Gasteiger partial charge in [-0.1, -0.05) is 0 Å². The van der Waals surface area contributed by atoms with Crippen molar-refractivity contribution >= 4 is 17.8 Å². The van der Waals surface area contributed by atoms with Gasteiger partial charge in [0.25, 0.3) is 5.78 Å². The average Bonchev–Trinajstić information content (AvgIpc) is 2.67. The van der Waals surface area contributed by atoms with Crippen molar-refractivity contribution in [3.05, 3.63) is 30.1 Å². The standard InChI is InChI=1S/C10H11NO3/c1-2-14-10(13)9(12)6-5-8-4-3-7-11-8/h3-7,11H,2H2,1H3/b6-5+. The van der Waals surface area contributed by atoms with E-state index in [9.17, 15) is 9.59 Å². The van der Waals surface area contributed by atoms with E-state index in [0.717, 1.165) is 5.69 Å². The first-order chi connectivity index (χ1) is 6.74. The summed E-state index contributed by atoms with van der Waals surface area (Å²) in [4.78, 5) is 24.8. The Balaban J connectivity index is 2.52. The summed E-state index contributed by atoms with van der Waals surface area (Å²) in [6.07, 6.45) is 4.44. The highest BCUT2D eigenvalue weighted by Crippen LogP contribution is 1.97. The van der Waals surface area contributed by atoms with Crippen molar-refractivity contribution in [2.24, 2.45) is 0 Å². The van der Waals surface area contributed by atoms with E-state index in [0.29, 0.717) is 0 Å². The van der Waals surface area contributed by atoms with Gasteiger partial charge in [0.1, 0.15) is 0 Å². The van der Waals surface area contributed by atoms with Crippen LogP contribution in [0.15, 0.2) is 24.4 Å². The van der Waals surface area contributed by atoms with Crippen LogP contribution in [-0.2, 0) is 14.3 Å². The molecule has 0 saturated heterocycles. The first-order valence-corrected chi connectivity index (χ1v) is 4.26. The van der Waals surface area contributed by atoms with Crippen LogP contribution in [0.3, 0.4) is 0 Å². The molecule has 1 N–H and O–H groups in total. The van der Waals surface area contributed by atoms with Gasteiger partial charge in [-0.05, 0) is 31.2 Å². The number of carbonyl (C=O) groups excluding carboxylic acids is 2. The minimum Gasteiger partial charge on any atom is -0.460 e. The summed E-state index contributed by atoms with van der Waals surface area (Å²) in [5.74, 6) is -1.48. The number of aromatic nitrogens is 1. The van der Waals surface area contributed by atoms with Gasteiger partial charge in [0, 0.05) is 11.9 Å². The molecule has 0 spiro atoms. The Morgan fingerprint density at radius 2 is 2.36 bits per heavy atom. The number of ketones is 1. The SMILES string of the molecule is CCOC(=O)C(=O)/C=C/c1ccc[nH]1. The summed E-state index contributed by atoms with van der Waals surface area (Å²) in [6, 6.07) is 3.59. The number of nitrogens with one attached hydrogen (secondary N) is 1. The van der Waals surface area contributed by atoms with E-state index in [1.807, 2.05) is 0 Å². The normalized spacial score (nSPS) is 10.4. The van der Waals surface area contributed by atoms with E-state index < -0.39 is 11.8 Å². The molecule has 4 heteroatoms. The molecule has 0 aliphatic carbocycles. The first-order valence-electron chi connectivity index (χ1n) is 4.26. The van der Waals surface area contributed by atoms with Crippen molar-refractivity contribution in [3.63, 3.8) is 0 Å². The maximum absolute atomic E-state index is 11.1. The Labute approximate surface area is 81.6 Å². The van der Waals surface area contributed by atoms with E-state index in [4.69, 9.17) is 0 Å². The quantitative estimate of drug-likeness (QED) is 0.443. The van der Waals surface area contributed by atoms with Gasteiger partial charge in [-0.3, -0.25) is 4.79 Å². The van der Waals surface area contributed by atoms with Gasteiger partial charge >= 0.3 is 5.97 Å². The summed E-state index contributed by atoms with van der Waals surface area (Å²) in [5, 5.41) is 0. The third kappa shape index (κ3) is 2.90. The highest BCUT2D eigenvalue weighted by molar-refractivity contribution is 6.39. The lowest BCUT2D eigenvalue weighted by atomic mass is 10.3. The molecule has 0 atom stereocenters. The Bertz CT molecular complexity index is 338. The molecule has 0 unspecified atom stereocenters. The number of aromatic amines is 1. The minimum atomic E-state index is -0.824. The van der Waals surface area contributed by atoms with Gasteiger partial charge in [-0.15, -0.1) is 0 Å². The predicted molar refractivity (Wildman–Crippen MR) is 51.5 cm³/mol. The third-order valence-corrected chi connectivity index (χ3v) is 1.51. The predicted octanol–water partition coefficient (Wildman–Crippen LogP) is 1.16. The molecule has 1 rings (SSSR count). The van der Waals surface area contributed by atoms with Crippen molar-refractivity contribution in [2.75, 3.05) is 6.61 Å². The van der Waals surface area contributed by atoms with Crippen LogP contribution in [-0.4, -0.2) is 23.3 Å². The van der Waals surface area contributed by atoms with Crippen LogP contribution in [0.2, 0.25) is 0 Å². The largest absolute Gasteiger partial charge is 0.460 e. The highest BCUT2D eigenvalue weighted by atomic mass is 16.5. The number of hydrogen-bond acceptors (Lipinski definition) is 3. The van der Waals surface area contributed by atoms with Gasteiger partial charge in [-0.25, -0.2) is 4.79 Å². The molecule has 0 aliphatic heterocycles. The second-order valence-corrected chi connectivity index (χ2v) is 2.54. The number of hydrogen-bond donors (Lipinski definition) is 1. The number of carbonyl (C=O) groups is 2. The molecule has 0 amide bonds. The van der Waals surface area contributed by atoms with Crippen LogP contribution in [0.25, 0.3) is 6.08 Å². The lowest BCUT2D eigenvalue weighted by molar-refractivity contribution is -0.151. The molecule has 0 fully saturated rings. The zero-order valence-electron chi connectivity index (χ0n) is 7.82.